The van der Waals surface area contributed by atoms with E-state index in [0.29, 0.717) is 24.5 Å². The number of hydrogen-bond acceptors (Lipinski definition) is 5. The molecule has 4 rings (SSSR count). The first-order valence-electron chi connectivity index (χ1n) is 7.79. The van der Waals surface area contributed by atoms with Gasteiger partial charge in [-0.2, -0.15) is 9.40 Å². The normalized spacial score (nSPS) is 18.4. The summed E-state index contributed by atoms with van der Waals surface area (Å²) < 4.78 is 30.0. The third-order valence-electron chi connectivity index (χ3n) is 4.19. The predicted molar refractivity (Wildman–Crippen MR) is 83.5 cm³/mol. The highest BCUT2D eigenvalue weighted by atomic mass is 32.2. The molecule has 0 saturated heterocycles. The molecule has 24 heavy (non-hydrogen) atoms. The Labute approximate surface area is 139 Å². The van der Waals surface area contributed by atoms with Crippen LogP contribution in [0.2, 0.25) is 0 Å². The number of nitrogens with zero attached hydrogens (tertiary/aromatic N) is 5. The van der Waals surface area contributed by atoms with Gasteiger partial charge >= 0.3 is 0 Å². The van der Waals surface area contributed by atoms with Crippen molar-refractivity contribution in [2.75, 3.05) is 6.54 Å². The van der Waals surface area contributed by atoms with Crippen molar-refractivity contribution in [1.82, 2.24) is 29.0 Å². The molecule has 2 aromatic heterocycles. The van der Waals surface area contributed by atoms with Crippen molar-refractivity contribution >= 4 is 15.9 Å². The van der Waals surface area contributed by atoms with E-state index < -0.39 is 10.0 Å². The van der Waals surface area contributed by atoms with Gasteiger partial charge in [-0.1, -0.05) is 0 Å². The summed E-state index contributed by atoms with van der Waals surface area (Å²) in [4.78, 5) is 16.0. The largest absolute Gasteiger partial charge is 0.348 e. The molecule has 0 bridgehead atoms. The van der Waals surface area contributed by atoms with Crippen LogP contribution in [-0.2, 0) is 30.2 Å². The van der Waals surface area contributed by atoms with Crippen LogP contribution in [0.5, 0.6) is 0 Å². The van der Waals surface area contributed by atoms with Crippen LogP contribution in [0, 0.1) is 0 Å². The Bertz CT molecular complexity index is 896. The third-order valence-corrected chi connectivity index (χ3v) is 5.92. The van der Waals surface area contributed by atoms with Gasteiger partial charge in [-0.3, -0.25) is 9.48 Å². The molecule has 0 atom stereocenters. The molecule has 1 N–H and O–H groups in total. The molecule has 1 fully saturated rings. The van der Waals surface area contributed by atoms with Crippen LogP contribution in [0.3, 0.4) is 0 Å². The van der Waals surface area contributed by atoms with Gasteiger partial charge in [-0.25, -0.2) is 13.4 Å². The van der Waals surface area contributed by atoms with E-state index in [4.69, 9.17) is 0 Å². The van der Waals surface area contributed by atoms with E-state index in [9.17, 15) is 13.2 Å². The molecule has 3 heterocycles. The van der Waals surface area contributed by atoms with Crippen LogP contribution < -0.4 is 5.32 Å². The number of amides is 1. The summed E-state index contributed by atoms with van der Waals surface area (Å²) in [5, 5.41) is 7.21. The smallest absolute Gasteiger partial charge is 0.272 e. The second-order valence-corrected chi connectivity index (χ2v) is 8.09. The standard InChI is InChI=1S/C14H18N6O3S/c1-18-8-13(15-9-18)24(22,23)19-4-5-20-11(7-19)6-12(17-20)14(21)16-10-2-3-10/h6,8-10H,2-5,7H2,1H3,(H,16,21). The minimum Gasteiger partial charge on any atom is -0.348 e. The lowest BCUT2D eigenvalue weighted by Gasteiger charge is -2.25. The van der Waals surface area contributed by atoms with Gasteiger partial charge in [0, 0.05) is 25.8 Å². The number of aryl methyl sites for hydroxylation is 1. The zero-order valence-corrected chi connectivity index (χ0v) is 14.0. The number of aromatic nitrogens is 4. The van der Waals surface area contributed by atoms with Crippen LogP contribution >= 0.6 is 0 Å². The van der Waals surface area contributed by atoms with E-state index in [2.05, 4.69) is 15.4 Å². The van der Waals surface area contributed by atoms with Gasteiger partial charge in [-0.15, -0.1) is 0 Å². The first kappa shape index (κ1) is 15.3. The van der Waals surface area contributed by atoms with Crippen molar-refractivity contribution in [3.8, 4) is 0 Å². The van der Waals surface area contributed by atoms with E-state index in [1.54, 1.807) is 22.4 Å². The van der Waals surface area contributed by atoms with E-state index >= 15 is 0 Å². The fraction of sp³-hybridized carbons (Fsp3) is 0.500. The Morgan fingerprint density at radius 3 is 2.79 bits per heavy atom. The average Bonchev–Trinajstić information content (AvgIpc) is 3.08. The maximum atomic E-state index is 12.6. The van der Waals surface area contributed by atoms with Crippen molar-refractivity contribution in [3.63, 3.8) is 0 Å². The molecule has 9 nitrogen and oxygen atoms in total. The average molecular weight is 350 g/mol. The lowest BCUT2D eigenvalue weighted by atomic mass is 10.3. The van der Waals surface area contributed by atoms with Crippen molar-refractivity contribution in [3.05, 3.63) is 30.0 Å². The quantitative estimate of drug-likeness (QED) is 0.817. The second-order valence-electron chi connectivity index (χ2n) is 6.21. The van der Waals surface area contributed by atoms with Crippen LogP contribution in [0.15, 0.2) is 23.6 Å². The Hall–Kier alpha value is -2.20. The number of imidazole rings is 1. The summed E-state index contributed by atoms with van der Waals surface area (Å²) in [5.74, 6) is -0.196. The Kier molecular flexibility index (Phi) is 3.46. The monoisotopic (exact) mass is 350 g/mol. The number of rotatable bonds is 4. The number of sulfonamides is 1. The highest BCUT2D eigenvalue weighted by Crippen LogP contribution is 2.22. The van der Waals surface area contributed by atoms with Gasteiger partial charge < -0.3 is 9.88 Å². The maximum absolute atomic E-state index is 12.6. The SMILES string of the molecule is Cn1cnc(S(=O)(=O)N2CCn3nc(C(=O)NC4CC4)cc3C2)c1. The lowest BCUT2D eigenvalue weighted by Crippen LogP contribution is -2.38. The molecular weight excluding hydrogens is 332 g/mol. The first-order chi connectivity index (χ1) is 11.4. The van der Waals surface area contributed by atoms with Gasteiger partial charge in [0.05, 0.1) is 25.1 Å². The third kappa shape index (κ3) is 2.71. The van der Waals surface area contributed by atoms with Crippen molar-refractivity contribution < 1.29 is 13.2 Å². The number of carbonyl (C=O) groups is 1. The minimum absolute atomic E-state index is 0.0321. The first-order valence-corrected chi connectivity index (χ1v) is 9.23. The highest BCUT2D eigenvalue weighted by Gasteiger charge is 2.32. The van der Waals surface area contributed by atoms with Crippen molar-refractivity contribution in [2.45, 2.75) is 37.0 Å². The molecule has 1 aliphatic heterocycles. The number of nitrogens with one attached hydrogen (secondary N) is 1. The molecule has 1 amide bonds. The number of hydrogen-bond donors (Lipinski definition) is 1. The van der Waals surface area contributed by atoms with E-state index in [1.165, 1.54) is 16.8 Å². The molecule has 0 radical (unpaired) electrons. The molecule has 10 heteroatoms. The summed E-state index contributed by atoms with van der Waals surface area (Å²) in [6.07, 6.45) is 4.96. The molecule has 1 aliphatic carbocycles. The molecule has 2 aliphatic rings. The van der Waals surface area contributed by atoms with Crippen molar-refractivity contribution in [2.24, 2.45) is 7.05 Å². The Morgan fingerprint density at radius 1 is 1.33 bits per heavy atom. The van der Waals surface area contributed by atoms with Gasteiger partial charge in [0.15, 0.2) is 10.7 Å². The molecule has 0 spiro atoms. The van der Waals surface area contributed by atoms with Gasteiger partial charge in [0.25, 0.3) is 15.9 Å². The summed E-state index contributed by atoms with van der Waals surface area (Å²) >= 11 is 0. The molecule has 2 aromatic rings. The van der Waals surface area contributed by atoms with Crippen LogP contribution in [0.4, 0.5) is 0 Å². The number of carbonyl (C=O) groups excluding carboxylic acids is 1. The second kappa shape index (κ2) is 5.42. The van der Waals surface area contributed by atoms with Crippen LogP contribution in [-0.4, -0.2) is 50.5 Å². The lowest BCUT2D eigenvalue weighted by molar-refractivity contribution is 0.0945. The molecule has 0 aromatic carbocycles. The zero-order chi connectivity index (χ0) is 16.9. The van der Waals surface area contributed by atoms with Crippen LogP contribution in [0.25, 0.3) is 0 Å². The van der Waals surface area contributed by atoms with Crippen molar-refractivity contribution in [1.29, 1.82) is 0 Å². The van der Waals surface area contributed by atoms with Gasteiger partial charge in [0.1, 0.15) is 0 Å². The van der Waals surface area contributed by atoms with E-state index in [1.807, 2.05) is 0 Å². The summed E-state index contributed by atoms with van der Waals surface area (Å²) in [6, 6.07) is 1.93. The predicted octanol–water partition coefficient (Wildman–Crippen LogP) is -0.287. The fourth-order valence-electron chi connectivity index (χ4n) is 2.70. The van der Waals surface area contributed by atoms with E-state index in [-0.39, 0.29) is 23.5 Å². The molecular formula is C14H18N6O3S. The summed E-state index contributed by atoms with van der Waals surface area (Å²) in [7, 11) is -1.92. The van der Waals surface area contributed by atoms with Crippen LogP contribution in [0.1, 0.15) is 29.0 Å². The summed E-state index contributed by atoms with van der Waals surface area (Å²) in [6.45, 7) is 0.901. The Morgan fingerprint density at radius 2 is 2.12 bits per heavy atom. The maximum Gasteiger partial charge on any atom is 0.272 e. The summed E-state index contributed by atoms with van der Waals surface area (Å²) in [5.41, 5.74) is 1.05. The van der Waals surface area contributed by atoms with E-state index in [0.717, 1.165) is 12.8 Å². The zero-order valence-electron chi connectivity index (χ0n) is 13.2. The van der Waals surface area contributed by atoms with Gasteiger partial charge in [0.2, 0.25) is 0 Å². The molecule has 128 valence electrons. The van der Waals surface area contributed by atoms with Gasteiger partial charge in [-0.05, 0) is 18.9 Å². The Balaban J connectivity index is 1.55. The molecule has 1 saturated carbocycles. The number of fused-ring (bicyclic) bond motifs is 1. The minimum atomic E-state index is -3.64. The topological polar surface area (TPSA) is 102 Å². The fourth-order valence-corrected chi connectivity index (χ4v) is 4.07. The highest BCUT2D eigenvalue weighted by molar-refractivity contribution is 7.89. The molecule has 0 unspecified atom stereocenters.